The molecule has 0 aromatic heterocycles. The average molecular weight is 285 g/mol. The summed E-state index contributed by atoms with van der Waals surface area (Å²) in [4.78, 5) is 12.9. The molecular weight excluding hydrogens is 266 g/mol. The Hall–Kier alpha value is -1.58. The largest absolute Gasteiger partial charge is 0.310 e. The van der Waals surface area contributed by atoms with Crippen LogP contribution in [0.15, 0.2) is 54.1 Å². The van der Waals surface area contributed by atoms with Crippen LogP contribution in [0.25, 0.3) is 0 Å². The van der Waals surface area contributed by atoms with Crippen molar-refractivity contribution >= 4 is 22.9 Å². The molecular formula is C17H19NOS. The lowest BCUT2D eigenvalue weighted by Crippen LogP contribution is -2.23. The van der Waals surface area contributed by atoms with E-state index in [9.17, 15) is 4.79 Å². The van der Waals surface area contributed by atoms with Crippen LogP contribution in [-0.2, 0) is 4.79 Å². The third-order valence-electron chi connectivity index (χ3n) is 3.41. The van der Waals surface area contributed by atoms with Crippen LogP contribution in [-0.4, -0.2) is 17.2 Å². The zero-order valence-electron chi connectivity index (χ0n) is 11.6. The SMILES string of the molecule is CC(NCCC(=O)C1=CC=CCC1=S)c1ccccc1. The maximum absolute atomic E-state index is 12.1. The zero-order chi connectivity index (χ0) is 14.4. The van der Waals surface area contributed by atoms with E-state index >= 15 is 0 Å². The minimum atomic E-state index is 0.132. The second kappa shape index (κ2) is 7.27. The molecule has 1 aliphatic carbocycles. The predicted octanol–water partition coefficient (Wildman–Crippen LogP) is 3.55. The molecule has 1 aliphatic rings. The molecule has 0 amide bonds. The molecule has 20 heavy (non-hydrogen) atoms. The molecule has 0 spiro atoms. The van der Waals surface area contributed by atoms with Crippen LogP contribution in [0.1, 0.15) is 31.4 Å². The third-order valence-corrected chi connectivity index (χ3v) is 3.79. The standard InChI is InChI=1S/C17H19NOS/c1-13(14-7-3-2-4-8-14)18-12-11-16(19)15-9-5-6-10-17(15)20/h2-9,13,18H,10-12H2,1H3. The Labute approximate surface area is 125 Å². The number of thiocarbonyl (C=S) groups is 1. The molecule has 1 unspecified atom stereocenters. The number of Topliss-reactive ketones (excluding diaryl/α,β-unsaturated/α-hetero) is 1. The fraction of sp³-hybridized carbons (Fsp3) is 0.294. The number of benzene rings is 1. The summed E-state index contributed by atoms with van der Waals surface area (Å²) >= 11 is 5.22. The summed E-state index contributed by atoms with van der Waals surface area (Å²) in [6.07, 6.45) is 6.91. The molecule has 1 aromatic carbocycles. The molecule has 0 aliphatic heterocycles. The van der Waals surface area contributed by atoms with E-state index in [1.165, 1.54) is 5.56 Å². The highest BCUT2D eigenvalue weighted by Gasteiger charge is 2.15. The van der Waals surface area contributed by atoms with E-state index in [4.69, 9.17) is 12.2 Å². The Kier molecular flexibility index (Phi) is 5.39. The second-order valence-electron chi connectivity index (χ2n) is 4.90. The van der Waals surface area contributed by atoms with Crippen molar-refractivity contribution < 1.29 is 4.79 Å². The highest BCUT2D eigenvalue weighted by molar-refractivity contribution is 7.81. The van der Waals surface area contributed by atoms with E-state index in [1.807, 2.05) is 36.4 Å². The lowest BCUT2D eigenvalue weighted by Gasteiger charge is -2.14. The molecule has 1 aromatic rings. The van der Waals surface area contributed by atoms with E-state index in [-0.39, 0.29) is 11.8 Å². The summed E-state index contributed by atoms with van der Waals surface area (Å²) in [5.41, 5.74) is 1.94. The highest BCUT2D eigenvalue weighted by Crippen LogP contribution is 2.14. The number of allylic oxidation sites excluding steroid dienone is 4. The van der Waals surface area contributed by atoms with Crippen LogP contribution in [0.3, 0.4) is 0 Å². The molecule has 0 saturated heterocycles. The number of nitrogens with one attached hydrogen (secondary N) is 1. The first-order chi connectivity index (χ1) is 9.68. The fourth-order valence-corrected chi connectivity index (χ4v) is 2.47. The van der Waals surface area contributed by atoms with Crippen LogP contribution in [0.4, 0.5) is 0 Å². The van der Waals surface area contributed by atoms with Crippen LogP contribution in [0.2, 0.25) is 0 Å². The van der Waals surface area contributed by atoms with Crippen LogP contribution in [0, 0.1) is 0 Å². The Morgan fingerprint density at radius 3 is 2.80 bits per heavy atom. The number of ketones is 1. The van der Waals surface area contributed by atoms with Gasteiger partial charge in [-0.3, -0.25) is 4.79 Å². The molecule has 0 heterocycles. The highest BCUT2D eigenvalue weighted by atomic mass is 32.1. The van der Waals surface area contributed by atoms with Crippen molar-refractivity contribution in [2.24, 2.45) is 0 Å². The first-order valence-corrected chi connectivity index (χ1v) is 7.31. The van der Waals surface area contributed by atoms with Crippen LogP contribution >= 0.6 is 12.2 Å². The van der Waals surface area contributed by atoms with Gasteiger partial charge in [-0.2, -0.15) is 0 Å². The number of carbonyl (C=O) groups is 1. The predicted molar refractivity (Wildman–Crippen MR) is 86.9 cm³/mol. The van der Waals surface area contributed by atoms with E-state index < -0.39 is 0 Å². The normalized spacial score (nSPS) is 15.8. The van der Waals surface area contributed by atoms with Gasteiger partial charge in [0.25, 0.3) is 0 Å². The fourth-order valence-electron chi connectivity index (χ4n) is 2.19. The van der Waals surface area contributed by atoms with Crippen molar-refractivity contribution in [1.29, 1.82) is 0 Å². The summed E-state index contributed by atoms with van der Waals surface area (Å²) < 4.78 is 0. The average Bonchev–Trinajstić information content (AvgIpc) is 2.48. The van der Waals surface area contributed by atoms with Gasteiger partial charge in [0.2, 0.25) is 0 Å². The van der Waals surface area contributed by atoms with Gasteiger partial charge >= 0.3 is 0 Å². The number of hydrogen-bond acceptors (Lipinski definition) is 3. The Morgan fingerprint density at radius 1 is 1.35 bits per heavy atom. The van der Waals surface area contributed by atoms with Gasteiger partial charge in [0, 0.05) is 35.9 Å². The first kappa shape index (κ1) is 14.8. The van der Waals surface area contributed by atoms with Crippen molar-refractivity contribution in [3.05, 3.63) is 59.7 Å². The lowest BCUT2D eigenvalue weighted by atomic mass is 9.99. The van der Waals surface area contributed by atoms with E-state index in [0.29, 0.717) is 25.0 Å². The smallest absolute Gasteiger partial charge is 0.165 e. The van der Waals surface area contributed by atoms with Crippen LogP contribution in [0.5, 0.6) is 0 Å². The molecule has 2 nitrogen and oxygen atoms in total. The Bertz CT molecular complexity index is 545. The molecule has 1 N–H and O–H groups in total. The third kappa shape index (κ3) is 3.95. The molecule has 0 saturated carbocycles. The van der Waals surface area contributed by atoms with Crippen molar-refractivity contribution in [1.82, 2.24) is 5.32 Å². The van der Waals surface area contributed by atoms with Gasteiger partial charge in [0.15, 0.2) is 5.78 Å². The summed E-state index contributed by atoms with van der Waals surface area (Å²) in [5, 5.41) is 3.37. The number of carbonyl (C=O) groups excluding carboxylic acids is 1. The zero-order valence-corrected chi connectivity index (χ0v) is 12.5. The summed E-state index contributed by atoms with van der Waals surface area (Å²) in [6, 6.07) is 10.5. The van der Waals surface area contributed by atoms with Gasteiger partial charge in [0.05, 0.1) is 0 Å². The number of hydrogen-bond donors (Lipinski definition) is 1. The topological polar surface area (TPSA) is 29.1 Å². The Morgan fingerprint density at radius 2 is 2.10 bits per heavy atom. The lowest BCUT2D eigenvalue weighted by molar-refractivity contribution is -0.115. The minimum absolute atomic E-state index is 0.132. The maximum atomic E-state index is 12.1. The van der Waals surface area contributed by atoms with Crippen molar-refractivity contribution in [2.45, 2.75) is 25.8 Å². The minimum Gasteiger partial charge on any atom is -0.310 e. The molecule has 1 atom stereocenters. The molecule has 0 fully saturated rings. The molecule has 0 bridgehead atoms. The van der Waals surface area contributed by atoms with Gasteiger partial charge in [-0.1, -0.05) is 60.8 Å². The van der Waals surface area contributed by atoms with Crippen molar-refractivity contribution in [3.8, 4) is 0 Å². The van der Waals surface area contributed by atoms with Crippen molar-refractivity contribution in [3.63, 3.8) is 0 Å². The van der Waals surface area contributed by atoms with Crippen LogP contribution < -0.4 is 5.32 Å². The molecule has 104 valence electrons. The van der Waals surface area contributed by atoms with E-state index in [1.54, 1.807) is 0 Å². The van der Waals surface area contributed by atoms with E-state index in [0.717, 1.165) is 4.86 Å². The summed E-state index contributed by atoms with van der Waals surface area (Å²) in [7, 11) is 0. The molecule has 3 heteroatoms. The van der Waals surface area contributed by atoms with Gasteiger partial charge in [0.1, 0.15) is 0 Å². The molecule has 0 radical (unpaired) electrons. The maximum Gasteiger partial charge on any atom is 0.165 e. The summed E-state index contributed by atoms with van der Waals surface area (Å²) in [5.74, 6) is 0.132. The monoisotopic (exact) mass is 285 g/mol. The van der Waals surface area contributed by atoms with Crippen molar-refractivity contribution in [2.75, 3.05) is 6.54 Å². The van der Waals surface area contributed by atoms with Gasteiger partial charge in [-0.15, -0.1) is 0 Å². The quantitative estimate of drug-likeness (QED) is 0.810. The van der Waals surface area contributed by atoms with Gasteiger partial charge in [-0.25, -0.2) is 0 Å². The molecule has 2 rings (SSSR count). The second-order valence-corrected chi connectivity index (χ2v) is 5.39. The van der Waals surface area contributed by atoms with Gasteiger partial charge < -0.3 is 5.32 Å². The van der Waals surface area contributed by atoms with Gasteiger partial charge in [-0.05, 0) is 12.5 Å². The Balaban J connectivity index is 1.81. The summed E-state index contributed by atoms with van der Waals surface area (Å²) in [6.45, 7) is 2.77. The van der Waals surface area contributed by atoms with E-state index in [2.05, 4.69) is 24.4 Å². The number of rotatable bonds is 6. The first-order valence-electron chi connectivity index (χ1n) is 6.90.